The zero-order chi connectivity index (χ0) is 15.1. The molecule has 0 fully saturated rings. The summed E-state index contributed by atoms with van der Waals surface area (Å²) in [7, 11) is 0. The summed E-state index contributed by atoms with van der Waals surface area (Å²) in [5.41, 5.74) is 0.832. The van der Waals surface area contributed by atoms with Crippen LogP contribution in [0.5, 0.6) is 0 Å². The van der Waals surface area contributed by atoms with E-state index in [-0.39, 0.29) is 12.1 Å². The van der Waals surface area contributed by atoms with Crippen molar-refractivity contribution in [1.29, 1.82) is 0 Å². The number of carboxylic acid groups (broad SMARTS) is 1. The molecule has 7 heteroatoms. The van der Waals surface area contributed by atoms with Gasteiger partial charge in [0.05, 0.1) is 4.92 Å². The maximum atomic E-state index is 10.6. The number of anilines is 1. The van der Waals surface area contributed by atoms with Gasteiger partial charge in [0.1, 0.15) is 0 Å². The molecule has 0 aliphatic rings. The number of nitro benzene ring substituents is 1. The summed E-state index contributed by atoms with van der Waals surface area (Å²) in [6, 6.07) is 4.56. The van der Waals surface area contributed by atoms with E-state index in [0.717, 1.165) is 12.1 Å². The predicted octanol–water partition coefficient (Wildman–Crippen LogP) is 3.66. The molecule has 0 aromatic heterocycles. The Hall–Kier alpha value is -1.63. The van der Waals surface area contributed by atoms with Crippen molar-refractivity contribution < 1.29 is 14.8 Å². The number of non-ortho nitro benzene ring substituents is 1. The number of halogens is 1. The molecule has 0 heterocycles. The second kappa shape index (κ2) is 7.84. The fourth-order valence-electron chi connectivity index (χ4n) is 1.73. The van der Waals surface area contributed by atoms with Crippen molar-refractivity contribution in [1.82, 2.24) is 0 Å². The van der Waals surface area contributed by atoms with E-state index in [2.05, 4.69) is 21.2 Å². The molecular formula is C13H17BrN2O4. The van der Waals surface area contributed by atoms with E-state index >= 15 is 0 Å². The summed E-state index contributed by atoms with van der Waals surface area (Å²) in [6.07, 6.45) is 1.68. The van der Waals surface area contributed by atoms with Crippen LogP contribution in [0.3, 0.4) is 0 Å². The third kappa shape index (κ3) is 5.56. The zero-order valence-corrected chi connectivity index (χ0v) is 12.7. The summed E-state index contributed by atoms with van der Waals surface area (Å²) < 4.78 is 0.643. The molecule has 0 saturated heterocycles. The monoisotopic (exact) mass is 344 g/mol. The number of nitro groups is 1. The van der Waals surface area contributed by atoms with Gasteiger partial charge < -0.3 is 10.4 Å². The van der Waals surface area contributed by atoms with E-state index in [1.165, 1.54) is 12.1 Å². The van der Waals surface area contributed by atoms with Gasteiger partial charge in [-0.25, -0.2) is 0 Å². The average molecular weight is 345 g/mol. The van der Waals surface area contributed by atoms with E-state index in [0.29, 0.717) is 23.4 Å². The normalized spacial score (nSPS) is 11.9. The first-order valence-corrected chi connectivity index (χ1v) is 7.09. The summed E-state index contributed by atoms with van der Waals surface area (Å²) in [4.78, 5) is 20.6. The molecule has 2 N–H and O–H groups in total. The Kier molecular flexibility index (Phi) is 6.44. The van der Waals surface area contributed by atoms with E-state index in [1.807, 2.05) is 6.92 Å². The van der Waals surface area contributed by atoms with Gasteiger partial charge in [0, 0.05) is 35.3 Å². The molecule has 0 amide bonds. The van der Waals surface area contributed by atoms with Crippen LogP contribution in [0.2, 0.25) is 0 Å². The van der Waals surface area contributed by atoms with Crippen LogP contribution in [0.25, 0.3) is 0 Å². The van der Waals surface area contributed by atoms with Gasteiger partial charge in [0.2, 0.25) is 0 Å². The third-order valence-corrected chi connectivity index (χ3v) is 3.62. The quantitative estimate of drug-likeness (QED) is 0.554. The Bertz CT molecular complexity index is 493. The Labute approximate surface area is 125 Å². The average Bonchev–Trinajstić information content (AvgIpc) is 2.38. The molecule has 0 spiro atoms. The van der Waals surface area contributed by atoms with Crippen molar-refractivity contribution >= 4 is 33.3 Å². The number of carboxylic acids is 1. The Morgan fingerprint density at radius 1 is 1.50 bits per heavy atom. The van der Waals surface area contributed by atoms with Crippen LogP contribution in [0.15, 0.2) is 22.7 Å². The molecule has 20 heavy (non-hydrogen) atoms. The topological polar surface area (TPSA) is 92.5 Å². The van der Waals surface area contributed by atoms with Crippen molar-refractivity contribution in [2.75, 3.05) is 11.9 Å². The van der Waals surface area contributed by atoms with Gasteiger partial charge in [-0.05, 0) is 40.8 Å². The minimum absolute atomic E-state index is 0.0391. The highest BCUT2D eigenvalue weighted by molar-refractivity contribution is 9.10. The van der Waals surface area contributed by atoms with Crippen LogP contribution >= 0.6 is 15.9 Å². The van der Waals surface area contributed by atoms with E-state index in [4.69, 9.17) is 5.11 Å². The zero-order valence-electron chi connectivity index (χ0n) is 11.1. The Balaban J connectivity index is 2.42. The molecule has 0 saturated carbocycles. The van der Waals surface area contributed by atoms with Gasteiger partial charge in [0.15, 0.2) is 0 Å². The second-order valence-electron chi connectivity index (χ2n) is 4.67. The molecule has 1 rings (SSSR count). The molecule has 0 aliphatic heterocycles. The van der Waals surface area contributed by atoms with Gasteiger partial charge >= 0.3 is 5.97 Å². The van der Waals surface area contributed by atoms with Crippen molar-refractivity contribution in [3.05, 3.63) is 32.8 Å². The summed E-state index contributed by atoms with van der Waals surface area (Å²) in [5.74, 6) is -0.460. The van der Waals surface area contributed by atoms with Crippen LogP contribution in [0.4, 0.5) is 11.4 Å². The van der Waals surface area contributed by atoms with Crippen LogP contribution in [-0.4, -0.2) is 22.5 Å². The molecule has 110 valence electrons. The highest BCUT2D eigenvalue weighted by Gasteiger charge is 2.09. The predicted molar refractivity (Wildman–Crippen MR) is 79.9 cm³/mol. The van der Waals surface area contributed by atoms with Crippen LogP contribution in [-0.2, 0) is 4.79 Å². The number of rotatable bonds is 8. The standard InChI is InChI=1S/C13H17BrN2O4/c1-9(2-5-13(17)18)6-7-15-12-4-3-10(16(19)20)8-11(12)14/h3-4,8-9,15H,2,5-7H2,1H3,(H,17,18). The van der Waals surface area contributed by atoms with Gasteiger partial charge in [-0.1, -0.05) is 6.92 Å². The fourth-order valence-corrected chi connectivity index (χ4v) is 2.24. The highest BCUT2D eigenvalue weighted by Crippen LogP contribution is 2.27. The first-order chi connectivity index (χ1) is 9.40. The highest BCUT2D eigenvalue weighted by atomic mass is 79.9. The van der Waals surface area contributed by atoms with Crippen molar-refractivity contribution in [2.45, 2.75) is 26.2 Å². The van der Waals surface area contributed by atoms with Gasteiger partial charge in [-0.2, -0.15) is 0 Å². The number of nitrogens with one attached hydrogen (secondary N) is 1. The van der Waals surface area contributed by atoms with Crippen LogP contribution in [0.1, 0.15) is 26.2 Å². The van der Waals surface area contributed by atoms with Crippen LogP contribution in [0, 0.1) is 16.0 Å². The van der Waals surface area contributed by atoms with Gasteiger partial charge in [-0.3, -0.25) is 14.9 Å². The maximum absolute atomic E-state index is 10.6. The number of aliphatic carboxylic acids is 1. The number of benzene rings is 1. The van der Waals surface area contributed by atoms with Crippen molar-refractivity contribution in [3.8, 4) is 0 Å². The lowest BCUT2D eigenvalue weighted by Crippen LogP contribution is -2.08. The summed E-state index contributed by atoms with van der Waals surface area (Å²) >= 11 is 3.29. The second-order valence-corrected chi connectivity index (χ2v) is 5.53. The Morgan fingerprint density at radius 2 is 2.20 bits per heavy atom. The largest absolute Gasteiger partial charge is 0.481 e. The lowest BCUT2D eigenvalue weighted by Gasteiger charge is -2.12. The molecule has 1 atom stereocenters. The third-order valence-electron chi connectivity index (χ3n) is 2.97. The number of carbonyl (C=O) groups is 1. The molecule has 1 aromatic carbocycles. The maximum Gasteiger partial charge on any atom is 0.303 e. The van der Waals surface area contributed by atoms with Crippen molar-refractivity contribution in [2.24, 2.45) is 5.92 Å². The fraction of sp³-hybridized carbons (Fsp3) is 0.462. The lowest BCUT2D eigenvalue weighted by atomic mass is 10.0. The van der Waals surface area contributed by atoms with E-state index in [1.54, 1.807) is 6.07 Å². The minimum atomic E-state index is -0.775. The first kappa shape index (κ1) is 16.4. The Morgan fingerprint density at radius 3 is 2.75 bits per heavy atom. The number of hydrogen-bond acceptors (Lipinski definition) is 4. The van der Waals surface area contributed by atoms with Crippen LogP contribution < -0.4 is 5.32 Å². The molecule has 0 bridgehead atoms. The summed E-state index contributed by atoms with van der Waals surface area (Å²) in [5, 5.41) is 22.4. The molecule has 1 unspecified atom stereocenters. The summed E-state index contributed by atoms with van der Waals surface area (Å²) in [6.45, 7) is 2.70. The number of hydrogen-bond donors (Lipinski definition) is 2. The molecular weight excluding hydrogens is 328 g/mol. The van der Waals surface area contributed by atoms with Gasteiger partial charge in [0.25, 0.3) is 5.69 Å². The first-order valence-electron chi connectivity index (χ1n) is 6.29. The SMILES string of the molecule is CC(CCNc1ccc([N+](=O)[O-])cc1Br)CCC(=O)O. The number of nitrogens with zero attached hydrogens (tertiary/aromatic N) is 1. The lowest BCUT2D eigenvalue weighted by molar-refractivity contribution is -0.384. The van der Waals surface area contributed by atoms with Gasteiger partial charge in [-0.15, -0.1) is 0 Å². The molecule has 0 radical (unpaired) electrons. The molecule has 6 nitrogen and oxygen atoms in total. The van der Waals surface area contributed by atoms with Crippen molar-refractivity contribution in [3.63, 3.8) is 0 Å². The molecule has 1 aromatic rings. The minimum Gasteiger partial charge on any atom is -0.481 e. The smallest absolute Gasteiger partial charge is 0.303 e. The van der Waals surface area contributed by atoms with E-state index < -0.39 is 10.9 Å². The van der Waals surface area contributed by atoms with E-state index in [9.17, 15) is 14.9 Å². The molecule has 0 aliphatic carbocycles.